The monoisotopic (exact) mass is 270 g/mol. The van der Waals surface area contributed by atoms with E-state index in [4.69, 9.17) is 0 Å². The normalized spacial score (nSPS) is 11.1. The molecule has 6 heteroatoms. The number of aromatic amines is 1. The summed E-state index contributed by atoms with van der Waals surface area (Å²) >= 11 is 0. The number of hydrogen-bond acceptors (Lipinski definition) is 3. The number of hydrogen-bond donors (Lipinski definition) is 1. The fourth-order valence-corrected chi connectivity index (χ4v) is 2.33. The number of fused-ring (bicyclic) bond motifs is 1. The summed E-state index contributed by atoms with van der Waals surface area (Å²) in [6.45, 7) is 2.91. The van der Waals surface area contributed by atoms with Gasteiger partial charge in [-0.3, -0.25) is 14.3 Å². The van der Waals surface area contributed by atoms with Crippen LogP contribution in [0.25, 0.3) is 11.2 Å². The summed E-state index contributed by atoms with van der Waals surface area (Å²) in [6, 6.07) is 9.84. The van der Waals surface area contributed by atoms with Crippen LogP contribution in [0.3, 0.4) is 0 Å². The van der Waals surface area contributed by atoms with Gasteiger partial charge in [0.1, 0.15) is 5.65 Å². The van der Waals surface area contributed by atoms with Crippen molar-refractivity contribution in [1.82, 2.24) is 19.1 Å². The van der Waals surface area contributed by atoms with Crippen molar-refractivity contribution < 1.29 is 0 Å². The Bertz CT molecular complexity index is 858. The SMILES string of the molecule is CCn1c(=O)[nH]c(=O)c2ncn(Cc3ccccc3)c21. The highest BCUT2D eigenvalue weighted by Crippen LogP contribution is 2.10. The number of nitrogens with one attached hydrogen (secondary N) is 1. The Morgan fingerprint density at radius 2 is 1.95 bits per heavy atom. The average Bonchev–Trinajstić information content (AvgIpc) is 2.85. The third kappa shape index (κ3) is 1.95. The van der Waals surface area contributed by atoms with Crippen molar-refractivity contribution in [2.24, 2.45) is 0 Å². The van der Waals surface area contributed by atoms with Crippen molar-refractivity contribution in [1.29, 1.82) is 0 Å². The number of H-pyrrole nitrogens is 1. The zero-order valence-electron chi connectivity index (χ0n) is 11.0. The molecular weight excluding hydrogens is 256 g/mol. The molecule has 0 fully saturated rings. The van der Waals surface area contributed by atoms with Gasteiger partial charge in [0.05, 0.1) is 12.9 Å². The van der Waals surface area contributed by atoms with Gasteiger partial charge >= 0.3 is 5.69 Å². The Hall–Kier alpha value is -2.63. The summed E-state index contributed by atoms with van der Waals surface area (Å²) in [5.41, 5.74) is 1.09. The summed E-state index contributed by atoms with van der Waals surface area (Å²) in [4.78, 5) is 30.1. The Balaban J connectivity index is 2.22. The lowest BCUT2D eigenvalue weighted by atomic mass is 10.2. The van der Waals surface area contributed by atoms with E-state index in [1.165, 1.54) is 4.57 Å². The lowest BCUT2D eigenvalue weighted by Crippen LogP contribution is -2.30. The number of aromatic nitrogens is 4. The maximum atomic E-state index is 11.9. The number of rotatable bonds is 3. The molecular formula is C14H14N4O2. The summed E-state index contributed by atoms with van der Waals surface area (Å²) < 4.78 is 3.34. The lowest BCUT2D eigenvalue weighted by Gasteiger charge is -2.08. The summed E-state index contributed by atoms with van der Waals surface area (Å²) in [6.07, 6.45) is 1.60. The van der Waals surface area contributed by atoms with E-state index >= 15 is 0 Å². The van der Waals surface area contributed by atoms with Crippen LogP contribution in [0.1, 0.15) is 12.5 Å². The average molecular weight is 270 g/mol. The molecule has 0 aliphatic heterocycles. The Morgan fingerprint density at radius 3 is 2.65 bits per heavy atom. The van der Waals surface area contributed by atoms with Crippen LogP contribution < -0.4 is 11.2 Å². The van der Waals surface area contributed by atoms with Crippen molar-refractivity contribution >= 4 is 11.2 Å². The molecule has 2 heterocycles. The van der Waals surface area contributed by atoms with E-state index in [1.807, 2.05) is 41.8 Å². The van der Waals surface area contributed by atoms with E-state index in [1.54, 1.807) is 6.33 Å². The second-order valence-electron chi connectivity index (χ2n) is 4.53. The highest BCUT2D eigenvalue weighted by Gasteiger charge is 2.12. The Labute approximate surface area is 114 Å². The first-order chi connectivity index (χ1) is 9.70. The van der Waals surface area contributed by atoms with Crippen LogP contribution in [0.5, 0.6) is 0 Å². The van der Waals surface area contributed by atoms with Crippen molar-refractivity contribution in [2.75, 3.05) is 0 Å². The van der Waals surface area contributed by atoms with Gasteiger partial charge in [0.15, 0.2) is 5.52 Å². The molecule has 20 heavy (non-hydrogen) atoms. The molecule has 6 nitrogen and oxygen atoms in total. The van der Waals surface area contributed by atoms with E-state index < -0.39 is 11.2 Å². The maximum absolute atomic E-state index is 11.9. The van der Waals surface area contributed by atoms with Crippen LogP contribution in [0, 0.1) is 0 Å². The second kappa shape index (κ2) is 4.80. The molecule has 0 bridgehead atoms. The topological polar surface area (TPSA) is 72.7 Å². The van der Waals surface area contributed by atoms with Crippen LogP contribution in [0.4, 0.5) is 0 Å². The molecule has 3 rings (SSSR count). The van der Waals surface area contributed by atoms with Gasteiger partial charge in [0.2, 0.25) is 0 Å². The molecule has 3 aromatic rings. The first-order valence-corrected chi connectivity index (χ1v) is 6.42. The minimum atomic E-state index is -0.443. The van der Waals surface area contributed by atoms with E-state index in [2.05, 4.69) is 9.97 Å². The second-order valence-corrected chi connectivity index (χ2v) is 4.53. The Morgan fingerprint density at radius 1 is 1.20 bits per heavy atom. The summed E-state index contributed by atoms with van der Waals surface area (Å²) in [5.74, 6) is 0. The van der Waals surface area contributed by atoms with Crippen LogP contribution in [0.2, 0.25) is 0 Å². The largest absolute Gasteiger partial charge is 0.330 e. The third-order valence-corrected chi connectivity index (χ3v) is 3.26. The molecule has 0 atom stereocenters. The molecule has 1 aromatic carbocycles. The number of imidazole rings is 1. The first-order valence-electron chi connectivity index (χ1n) is 6.42. The van der Waals surface area contributed by atoms with Gasteiger partial charge in [0.25, 0.3) is 5.56 Å². The molecule has 1 N–H and O–H groups in total. The van der Waals surface area contributed by atoms with Crippen molar-refractivity contribution in [3.63, 3.8) is 0 Å². The number of benzene rings is 1. The molecule has 0 aliphatic carbocycles. The van der Waals surface area contributed by atoms with Gasteiger partial charge in [-0.15, -0.1) is 0 Å². The van der Waals surface area contributed by atoms with Gasteiger partial charge in [-0.25, -0.2) is 9.78 Å². The lowest BCUT2D eigenvalue weighted by molar-refractivity contribution is 0.686. The predicted molar refractivity (Wildman–Crippen MR) is 75.8 cm³/mol. The van der Waals surface area contributed by atoms with Crippen molar-refractivity contribution in [2.45, 2.75) is 20.0 Å². The predicted octanol–water partition coefficient (Wildman–Crippen LogP) is 0.954. The fourth-order valence-electron chi connectivity index (χ4n) is 2.33. The molecule has 0 spiro atoms. The van der Waals surface area contributed by atoms with E-state index in [0.29, 0.717) is 24.3 Å². The molecule has 0 amide bonds. The van der Waals surface area contributed by atoms with Crippen molar-refractivity contribution in [3.05, 3.63) is 63.1 Å². The number of aryl methyl sites for hydroxylation is 1. The van der Waals surface area contributed by atoms with Gasteiger partial charge in [-0.1, -0.05) is 30.3 Å². The van der Waals surface area contributed by atoms with Crippen LogP contribution in [-0.2, 0) is 13.1 Å². The summed E-state index contributed by atoms with van der Waals surface area (Å²) in [5, 5.41) is 0. The molecule has 0 unspecified atom stereocenters. The van der Waals surface area contributed by atoms with Gasteiger partial charge < -0.3 is 4.57 Å². The van der Waals surface area contributed by atoms with E-state index in [0.717, 1.165) is 5.56 Å². The van der Waals surface area contributed by atoms with E-state index in [-0.39, 0.29) is 0 Å². The highest BCUT2D eigenvalue weighted by molar-refractivity contribution is 5.69. The smallest absolute Gasteiger partial charge is 0.312 e. The molecule has 0 aliphatic rings. The van der Waals surface area contributed by atoms with E-state index in [9.17, 15) is 9.59 Å². The molecule has 0 saturated heterocycles. The minimum absolute atomic E-state index is 0.294. The zero-order chi connectivity index (χ0) is 14.1. The van der Waals surface area contributed by atoms with Crippen LogP contribution in [0.15, 0.2) is 46.2 Å². The van der Waals surface area contributed by atoms with Gasteiger partial charge in [0, 0.05) is 6.54 Å². The quantitative estimate of drug-likeness (QED) is 0.770. The Kier molecular flexibility index (Phi) is 2.98. The summed E-state index contributed by atoms with van der Waals surface area (Å²) in [7, 11) is 0. The molecule has 2 aromatic heterocycles. The van der Waals surface area contributed by atoms with Gasteiger partial charge in [-0.2, -0.15) is 0 Å². The van der Waals surface area contributed by atoms with Gasteiger partial charge in [-0.05, 0) is 12.5 Å². The molecule has 0 radical (unpaired) electrons. The van der Waals surface area contributed by atoms with Crippen molar-refractivity contribution in [3.8, 4) is 0 Å². The zero-order valence-corrected chi connectivity index (χ0v) is 11.0. The minimum Gasteiger partial charge on any atom is -0.312 e. The van der Waals surface area contributed by atoms with Crippen LogP contribution in [-0.4, -0.2) is 19.1 Å². The third-order valence-electron chi connectivity index (χ3n) is 3.26. The standard InChI is InChI=1S/C14H14N4O2/c1-2-18-13-11(12(19)16-14(18)20)15-9-17(13)8-10-6-4-3-5-7-10/h3-7,9H,2,8H2,1H3,(H,16,19,20). The highest BCUT2D eigenvalue weighted by atomic mass is 16.2. The molecule has 102 valence electrons. The van der Waals surface area contributed by atoms with Crippen LogP contribution >= 0.6 is 0 Å². The maximum Gasteiger partial charge on any atom is 0.330 e. The number of nitrogens with zero attached hydrogens (tertiary/aromatic N) is 3. The fraction of sp³-hybridized carbons (Fsp3) is 0.214. The molecule has 0 saturated carbocycles. The first kappa shape index (κ1) is 12.4.